The van der Waals surface area contributed by atoms with Crippen LogP contribution in [0.1, 0.15) is 61.0 Å². The predicted octanol–water partition coefficient (Wildman–Crippen LogP) is 4.02. The maximum atomic E-state index is 12.3. The number of thiazole rings is 1. The van der Waals surface area contributed by atoms with Gasteiger partial charge in [0, 0.05) is 0 Å². The first-order valence-corrected chi connectivity index (χ1v) is 10.4. The van der Waals surface area contributed by atoms with Crippen LogP contribution in [-0.4, -0.2) is 30.3 Å². The lowest BCUT2D eigenvalue weighted by Crippen LogP contribution is -2.17. The van der Waals surface area contributed by atoms with Gasteiger partial charge in [-0.2, -0.15) is 5.10 Å². The standard InChI is InChI=1S/C20H28N4O3S/c1-4-7-8-11-27-17-12-14(9-10-16(17)26-6-3)13-22-24-19(25)18-15(5-2)23-20(21)28-18/h9-10,12-13H,4-8,11H2,1-3H3,(H2,21,23)(H,24,25)/b22-13+. The summed E-state index contributed by atoms with van der Waals surface area (Å²) in [5, 5.41) is 4.42. The van der Waals surface area contributed by atoms with Crippen LogP contribution in [0.25, 0.3) is 0 Å². The number of anilines is 1. The number of nitrogens with one attached hydrogen (secondary N) is 1. The molecule has 1 aromatic heterocycles. The molecule has 0 bridgehead atoms. The second-order valence-corrected chi connectivity index (χ2v) is 7.11. The topological polar surface area (TPSA) is 98.8 Å². The Morgan fingerprint density at radius 2 is 2.07 bits per heavy atom. The van der Waals surface area contributed by atoms with Crippen molar-refractivity contribution in [1.29, 1.82) is 0 Å². The number of aromatic nitrogens is 1. The number of aryl methyl sites for hydroxylation is 1. The molecule has 0 aliphatic heterocycles. The lowest BCUT2D eigenvalue weighted by Gasteiger charge is -2.12. The number of rotatable bonds is 11. The Morgan fingerprint density at radius 3 is 2.79 bits per heavy atom. The van der Waals surface area contributed by atoms with Crippen LogP contribution >= 0.6 is 11.3 Å². The molecule has 8 heteroatoms. The maximum Gasteiger partial charge on any atom is 0.283 e. The predicted molar refractivity (Wildman–Crippen MR) is 114 cm³/mol. The van der Waals surface area contributed by atoms with Crippen molar-refractivity contribution in [3.05, 3.63) is 34.3 Å². The zero-order valence-corrected chi connectivity index (χ0v) is 17.5. The smallest absolute Gasteiger partial charge is 0.283 e. The Kier molecular flexibility index (Phi) is 8.74. The SMILES string of the molecule is CCCCCOc1cc(/C=N/NC(=O)c2sc(N)nc2CC)ccc1OCC. The number of unbranched alkanes of at least 4 members (excludes halogenated alkanes) is 2. The number of hydrogen-bond acceptors (Lipinski definition) is 7. The fourth-order valence-corrected chi connectivity index (χ4v) is 3.34. The first-order valence-electron chi connectivity index (χ1n) is 9.57. The molecule has 1 amide bonds. The lowest BCUT2D eigenvalue weighted by molar-refractivity contribution is 0.0958. The van der Waals surface area contributed by atoms with E-state index in [2.05, 4.69) is 22.4 Å². The molecule has 0 aliphatic carbocycles. The number of nitrogens with zero attached hydrogens (tertiary/aromatic N) is 2. The third kappa shape index (κ3) is 6.23. The van der Waals surface area contributed by atoms with Gasteiger partial charge in [-0.25, -0.2) is 10.4 Å². The molecule has 0 unspecified atom stereocenters. The van der Waals surface area contributed by atoms with Gasteiger partial charge < -0.3 is 15.2 Å². The Morgan fingerprint density at radius 1 is 1.25 bits per heavy atom. The highest BCUT2D eigenvalue weighted by Crippen LogP contribution is 2.28. The summed E-state index contributed by atoms with van der Waals surface area (Å²) in [5.74, 6) is 1.06. The summed E-state index contributed by atoms with van der Waals surface area (Å²) in [5.41, 5.74) is 9.70. The Hall–Kier alpha value is -2.61. The van der Waals surface area contributed by atoms with E-state index >= 15 is 0 Å². The van der Waals surface area contributed by atoms with Gasteiger partial charge in [0.25, 0.3) is 5.91 Å². The van der Waals surface area contributed by atoms with Crippen LogP contribution in [0.15, 0.2) is 23.3 Å². The van der Waals surface area contributed by atoms with Crippen LogP contribution in [0.5, 0.6) is 11.5 Å². The van der Waals surface area contributed by atoms with Crippen LogP contribution in [0.2, 0.25) is 0 Å². The summed E-state index contributed by atoms with van der Waals surface area (Å²) in [6.45, 7) is 7.21. The number of benzene rings is 1. The number of ether oxygens (including phenoxy) is 2. The number of nitrogens with two attached hydrogens (primary N) is 1. The van der Waals surface area contributed by atoms with Crippen molar-refractivity contribution in [1.82, 2.24) is 10.4 Å². The van der Waals surface area contributed by atoms with Crippen molar-refractivity contribution in [3.63, 3.8) is 0 Å². The molecule has 0 radical (unpaired) electrons. The second-order valence-electron chi connectivity index (χ2n) is 6.08. The minimum atomic E-state index is -0.315. The molecule has 1 heterocycles. The van der Waals surface area contributed by atoms with E-state index in [9.17, 15) is 4.79 Å². The molecule has 2 aromatic rings. The third-order valence-corrected chi connectivity index (χ3v) is 4.83. The highest BCUT2D eigenvalue weighted by Gasteiger charge is 2.15. The zero-order valence-electron chi connectivity index (χ0n) is 16.7. The molecular weight excluding hydrogens is 376 g/mol. The number of carbonyl (C=O) groups excluding carboxylic acids is 1. The van der Waals surface area contributed by atoms with Crippen LogP contribution in [0.3, 0.4) is 0 Å². The summed E-state index contributed by atoms with van der Waals surface area (Å²) in [6.07, 6.45) is 5.47. The quantitative estimate of drug-likeness (QED) is 0.335. The van der Waals surface area contributed by atoms with Gasteiger partial charge in [0.05, 0.1) is 25.1 Å². The van der Waals surface area contributed by atoms with Crippen LogP contribution in [0.4, 0.5) is 5.13 Å². The van der Waals surface area contributed by atoms with Crippen LogP contribution in [0, 0.1) is 0 Å². The number of hydrazone groups is 1. The van der Waals surface area contributed by atoms with E-state index in [4.69, 9.17) is 15.2 Å². The normalized spacial score (nSPS) is 11.0. The molecule has 0 saturated heterocycles. The Labute approximate surface area is 170 Å². The van der Waals surface area contributed by atoms with E-state index in [1.807, 2.05) is 32.0 Å². The van der Waals surface area contributed by atoms with E-state index in [0.29, 0.717) is 46.8 Å². The van der Waals surface area contributed by atoms with Gasteiger partial charge in [0.15, 0.2) is 16.6 Å². The molecule has 0 spiro atoms. The van der Waals surface area contributed by atoms with Crippen molar-refractivity contribution in [2.75, 3.05) is 18.9 Å². The molecular formula is C20H28N4O3S. The molecule has 3 N–H and O–H groups in total. The second kappa shape index (κ2) is 11.3. The number of nitrogen functional groups attached to an aromatic ring is 1. The van der Waals surface area contributed by atoms with Gasteiger partial charge in [0.2, 0.25) is 0 Å². The Balaban J connectivity index is 2.04. The van der Waals surface area contributed by atoms with Gasteiger partial charge in [-0.3, -0.25) is 4.79 Å². The molecule has 0 atom stereocenters. The first kappa shape index (κ1) is 21.7. The molecule has 28 heavy (non-hydrogen) atoms. The van der Waals surface area contributed by atoms with E-state index in [-0.39, 0.29) is 5.91 Å². The summed E-state index contributed by atoms with van der Waals surface area (Å²) < 4.78 is 11.5. The van der Waals surface area contributed by atoms with E-state index < -0.39 is 0 Å². The molecule has 7 nitrogen and oxygen atoms in total. The van der Waals surface area contributed by atoms with Crippen molar-refractivity contribution in [3.8, 4) is 11.5 Å². The first-order chi connectivity index (χ1) is 13.6. The molecule has 0 aliphatic rings. The third-order valence-electron chi connectivity index (χ3n) is 3.91. The van der Waals surface area contributed by atoms with Gasteiger partial charge in [-0.15, -0.1) is 0 Å². The molecule has 2 rings (SSSR count). The van der Waals surface area contributed by atoms with Crippen molar-refractivity contribution < 1.29 is 14.3 Å². The average molecular weight is 405 g/mol. The lowest BCUT2D eigenvalue weighted by atomic mass is 10.2. The number of carbonyl (C=O) groups is 1. The average Bonchev–Trinajstić information content (AvgIpc) is 3.08. The summed E-state index contributed by atoms with van der Waals surface area (Å²) in [4.78, 5) is 16.9. The minimum absolute atomic E-state index is 0.315. The zero-order chi connectivity index (χ0) is 20.4. The molecule has 1 aromatic carbocycles. The van der Waals surface area contributed by atoms with Gasteiger partial charge in [-0.1, -0.05) is 38.0 Å². The Bertz CT molecular complexity index is 805. The monoisotopic (exact) mass is 404 g/mol. The minimum Gasteiger partial charge on any atom is -0.490 e. The number of hydrogen-bond donors (Lipinski definition) is 2. The highest BCUT2D eigenvalue weighted by molar-refractivity contribution is 7.17. The highest BCUT2D eigenvalue weighted by atomic mass is 32.1. The summed E-state index contributed by atoms with van der Waals surface area (Å²) >= 11 is 1.16. The van der Waals surface area contributed by atoms with Crippen LogP contribution < -0.4 is 20.6 Å². The summed E-state index contributed by atoms with van der Waals surface area (Å²) in [7, 11) is 0. The van der Waals surface area contributed by atoms with Crippen molar-refractivity contribution in [2.45, 2.75) is 46.5 Å². The fourth-order valence-electron chi connectivity index (χ4n) is 2.53. The largest absolute Gasteiger partial charge is 0.490 e. The van der Waals surface area contributed by atoms with E-state index in [1.54, 1.807) is 6.21 Å². The number of amides is 1. The van der Waals surface area contributed by atoms with Crippen molar-refractivity contribution in [2.24, 2.45) is 5.10 Å². The maximum absolute atomic E-state index is 12.3. The molecule has 152 valence electrons. The van der Waals surface area contributed by atoms with Gasteiger partial charge >= 0.3 is 0 Å². The van der Waals surface area contributed by atoms with Crippen LogP contribution in [-0.2, 0) is 6.42 Å². The molecule has 0 fully saturated rings. The van der Waals surface area contributed by atoms with E-state index in [1.165, 1.54) is 0 Å². The summed E-state index contributed by atoms with van der Waals surface area (Å²) in [6, 6.07) is 5.57. The van der Waals surface area contributed by atoms with E-state index in [0.717, 1.165) is 36.2 Å². The van der Waals surface area contributed by atoms with Gasteiger partial charge in [-0.05, 0) is 43.5 Å². The van der Waals surface area contributed by atoms with Crippen molar-refractivity contribution >= 4 is 28.6 Å². The van der Waals surface area contributed by atoms with Gasteiger partial charge in [0.1, 0.15) is 4.88 Å². The fraction of sp³-hybridized carbons (Fsp3) is 0.450. The molecule has 0 saturated carbocycles.